The van der Waals surface area contributed by atoms with Gasteiger partial charge in [-0.15, -0.1) is 0 Å². The summed E-state index contributed by atoms with van der Waals surface area (Å²) >= 11 is 0. The molecular formula is C17H23N9O4S2. The highest BCUT2D eigenvalue weighted by Gasteiger charge is 2.32. The van der Waals surface area contributed by atoms with E-state index < -0.39 is 35.4 Å². The highest BCUT2D eigenvalue weighted by atomic mass is 32.2. The zero-order valence-electron chi connectivity index (χ0n) is 17.0. The SMILES string of the molecule is Cn1nc(N)c2c(-c3ccc(S(=O)(=O)CCN)c(S(N)(=O)=O)c3/C(=N/N)NN)cccc21. The highest BCUT2D eigenvalue weighted by molar-refractivity contribution is 7.93. The lowest BCUT2D eigenvalue weighted by atomic mass is 9.95. The molecule has 0 bridgehead atoms. The van der Waals surface area contributed by atoms with Crippen LogP contribution in [0.3, 0.4) is 0 Å². The molecular weight excluding hydrogens is 458 g/mol. The molecule has 0 unspecified atom stereocenters. The molecule has 0 aliphatic carbocycles. The minimum absolute atomic E-state index is 0.174. The van der Waals surface area contributed by atoms with Crippen LogP contribution in [-0.4, -0.2) is 44.7 Å². The van der Waals surface area contributed by atoms with Gasteiger partial charge < -0.3 is 22.7 Å². The number of benzene rings is 2. The number of amidine groups is 1. The maximum absolute atomic E-state index is 12.8. The molecule has 0 saturated heterocycles. The number of sulfonamides is 1. The van der Waals surface area contributed by atoms with Crippen LogP contribution in [0.2, 0.25) is 0 Å². The number of hydrogen-bond acceptors (Lipinski definition) is 10. The Morgan fingerprint density at radius 3 is 2.41 bits per heavy atom. The summed E-state index contributed by atoms with van der Waals surface area (Å²) in [6.45, 7) is -0.234. The van der Waals surface area contributed by atoms with E-state index in [0.717, 1.165) is 6.07 Å². The average Bonchev–Trinajstić information content (AvgIpc) is 3.01. The van der Waals surface area contributed by atoms with E-state index in [9.17, 15) is 16.8 Å². The number of hydrazone groups is 1. The molecule has 0 radical (unpaired) electrons. The number of aromatic nitrogens is 2. The van der Waals surface area contributed by atoms with Crippen molar-refractivity contribution in [3.63, 3.8) is 0 Å². The third-order valence-electron chi connectivity index (χ3n) is 4.83. The maximum Gasteiger partial charge on any atom is 0.240 e. The molecule has 3 aromatic rings. The Bertz CT molecular complexity index is 1440. The van der Waals surface area contributed by atoms with Crippen LogP contribution in [0.25, 0.3) is 22.0 Å². The van der Waals surface area contributed by atoms with Gasteiger partial charge in [0.1, 0.15) is 4.90 Å². The first-order valence-corrected chi connectivity index (χ1v) is 12.3. The number of nitrogens with two attached hydrogens (primary N) is 5. The van der Waals surface area contributed by atoms with Crippen LogP contribution < -0.4 is 33.7 Å². The number of anilines is 1. The summed E-state index contributed by atoms with van der Waals surface area (Å²) in [5, 5.41) is 13.7. The van der Waals surface area contributed by atoms with Gasteiger partial charge in [-0.2, -0.15) is 10.2 Å². The highest BCUT2D eigenvalue weighted by Crippen LogP contribution is 2.38. The van der Waals surface area contributed by atoms with E-state index in [1.165, 1.54) is 6.07 Å². The van der Waals surface area contributed by atoms with Crippen molar-refractivity contribution in [1.82, 2.24) is 15.2 Å². The maximum atomic E-state index is 12.8. The zero-order valence-corrected chi connectivity index (χ0v) is 18.6. The molecule has 1 aromatic heterocycles. The van der Waals surface area contributed by atoms with Gasteiger partial charge in [-0.05, 0) is 23.3 Å². The second kappa shape index (κ2) is 8.36. The first kappa shape index (κ1) is 23.4. The zero-order chi connectivity index (χ0) is 23.8. The number of sulfone groups is 1. The van der Waals surface area contributed by atoms with Crippen LogP contribution in [0.15, 0.2) is 45.2 Å². The molecule has 0 spiro atoms. The summed E-state index contributed by atoms with van der Waals surface area (Å²) < 4.78 is 52.5. The molecule has 0 saturated carbocycles. The number of hydrogen-bond donors (Lipinski definition) is 6. The Kier molecular flexibility index (Phi) is 6.12. The molecule has 0 fully saturated rings. The average molecular weight is 482 g/mol. The molecule has 13 nitrogen and oxygen atoms in total. The van der Waals surface area contributed by atoms with E-state index in [1.807, 2.05) is 0 Å². The van der Waals surface area contributed by atoms with Gasteiger partial charge in [0.15, 0.2) is 21.5 Å². The number of rotatable bonds is 6. The number of nitrogens with zero attached hydrogens (tertiary/aromatic N) is 3. The Balaban J connectivity index is 2.58. The van der Waals surface area contributed by atoms with Crippen molar-refractivity contribution in [1.29, 1.82) is 0 Å². The van der Waals surface area contributed by atoms with Crippen LogP contribution in [0, 0.1) is 0 Å². The first-order valence-electron chi connectivity index (χ1n) is 9.07. The Morgan fingerprint density at radius 2 is 1.84 bits per heavy atom. The Labute approximate surface area is 184 Å². The molecule has 0 aliphatic rings. The number of hydrazine groups is 1. The second-order valence-electron chi connectivity index (χ2n) is 6.80. The monoisotopic (exact) mass is 481 g/mol. The van der Waals surface area contributed by atoms with E-state index in [1.54, 1.807) is 29.9 Å². The topological polar surface area (TPSA) is 241 Å². The van der Waals surface area contributed by atoms with Crippen molar-refractivity contribution in [2.75, 3.05) is 18.0 Å². The molecule has 1 heterocycles. The van der Waals surface area contributed by atoms with Crippen LogP contribution in [0.5, 0.6) is 0 Å². The predicted octanol–water partition coefficient (Wildman–Crippen LogP) is -1.71. The lowest BCUT2D eigenvalue weighted by Gasteiger charge is -2.19. The summed E-state index contributed by atoms with van der Waals surface area (Å²) in [7, 11) is -7.06. The van der Waals surface area contributed by atoms with Crippen LogP contribution in [0.4, 0.5) is 5.82 Å². The van der Waals surface area contributed by atoms with Gasteiger partial charge in [-0.1, -0.05) is 18.2 Å². The van der Waals surface area contributed by atoms with E-state index in [2.05, 4.69) is 15.6 Å². The first-order chi connectivity index (χ1) is 15.0. The van der Waals surface area contributed by atoms with Crippen molar-refractivity contribution < 1.29 is 16.8 Å². The number of aryl methyl sites for hydroxylation is 1. The van der Waals surface area contributed by atoms with Crippen LogP contribution >= 0.6 is 0 Å². The number of primary sulfonamides is 1. The summed E-state index contributed by atoms with van der Waals surface area (Å²) in [6, 6.07) is 7.66. The number of nitrogen functional groups attached to an aromatic ring is 1. The van der Waals surface area contributed by atoms with Crippen LogP contribution in [-0.2, 0) is 26.9 Å². The van der Waals surface area contributed by atoms with Crippen molar-refractivity contribution in [3.8, 4) is 11.1 Å². The molecule has 3 rings (SSSR count). The van der Waals surface area contributed by atoms with Gasteiger partial charge in [-0.25, -0.2) is 27.8 Å². The fourth-order valence-corrected chi connectivity index (χ4v) is 6.32. The van der Waals surface area contributed by atoms with Gasteiger partial charge in [0, 0.05) is 19.2 Å². The van der Waals surface area contributed by atoms with Crippen LogP contribution in [0.1, 0.15) is 5.56 Å². The molecule has 2 aromatic carbocycles. The second-order valence-corrected chi connectivity index (χ2v) is 10.4. The minimum Gasteiger partial charge on any atom is -0.382 e. The minimum atomic E-state index is -4.62. The summed E-state index contributed by atoms with van der Waals surface area (Å²) in [5.41, 5.74) is 14.8. The normalized spacial score (nSPS) is 12.9. The van der Waals surface area contributed by atoms with Gasteiger partial charge in [-0.3, -0.25) is 4.68 Å². The van der Waals surface area contributed by atoms with E-state index in [-0.39, 0.29) is 29.3 Å². The van der Waals surface area contributed by atoms with Crippen molar-refractivity contribution in [2.45, 2.75) is 9.79 Å². The van der Waals surface area contributed by atoms with Crippen molar-refractivity contribution in [3.05, 3.63) is 35.9 Å². The van der Waals surface area contributed by atoms with Gasteiger partial charge >= 0.3 is 0 Å². The third-order valence-corrected chi connectivity index (χ3v) is 7.73. The quantitative estimate of drug-likeness (QED) is 0.101. The van der Waals surface area contributed by atoms with Gasteiger partial charge in [0.05, 0.1) is 21.6 Å². The lowest BCUT2D eigenvalue weighted by Crippen LogP contribution is -2.35. The van der Waals surface area contributed by atoms with Crippen molar-refractivity contribution >= 4 is 42.4 Å². The molecule has 15 heteroatoms. The summed E-state index contributed by atoms with van der Waals surface area (Å²) in [5.74, 6) is 10.3. The largest absolute Gasteiger partial charge is 0.382 e. The lowest BCUT2D eigenvalue weighted by molar-refractivity contribution is 0.583. The fourth-order valence-electron chi connectivity index (χ4n) is 3.56. The number of nitrogens with one attached hydrogen (secondary N) is 1. The Hall–Kier alpha value is -3.24. The van der Waals surface area contributed by atoms with Gasteiger partial charge in [0.2, 0.25) is 10.0 Å². The predicted molar refractivity (Wildman–Crippen MR) is 121 cm³/mol. The summed E-state index contributed by atoms with van der Waals surface area (Å²) in [6.07, 6.45) is 0. The smallest absolute Gasteiger partial charge is 0.240 e. The molecule has 0 atom stereocenters. The fraction of sp³-hybridized carbons (Fsp3) is 0.176. The van der Waals surface area contributed by atoms with E-state index in [0.29, 0.717) is 16.5 Å². The van der Waals surface area contributed by atoms with E-state index in [4.69, 9.17) is 28.3 Å². The molecule has 0 aliphatic heterocycles. The number of fused-ring (bicyclic) bond motifs is 1. The summed E-state index contributed by atoms with van der Waals surface area (Å²) in [4.78, 5) is -1.27. The van der Waals surface area contributed by atoms with E-state index >= 15 is 0 Å². The van der Waals surface area contributed by atoms with Crippen molar-refractivity contribution in [2.24, 2.45) is 34.7 Å². The molecule has 32 heavy (non-hydrogen) atoms. The third kappa shape index (κ3) is 3.87. The van der Waals surface area contributed by atoms with Gasteiger partial charge in [0.25, 0.3) is 0 Å². The molecule has 172 valence electrons. The molecule has 0 amide bonds. The standard InChI is InChI=1S/C17H23N9O4S2/c1-26-11-4-2-3-9(13(11)16(19)25-26)10-5-6-12(31(27,28)8-7-18)15(32(22,29)30)14(10)17(23-20)24-21/h2-6H,7-8,18,20-21H2,1H3,(H2,19,25)(H,23,24)(H2,22,29,30). The molecule has 11 N–H and O–H groups in total. The Morgan fingerprint density at radius 1 is 1.16 bits per heavy atom.